The standard InChI is InChI=1S/C11H18N2O6/c1-2-18-10(16)8-4-3-5-13(6-8)11(17)12-19-7-9(14)15/h8H,2-7H2,1H3,(H,12,17)(H,14,15). The van der Waals surface area contributed by atoms with Crippen LogP contribution in [0.25, 0.3) is 0 Å². The zero-order valence-electron chi connectivity index (χ0n) is 10.8. The van der Waals surface area contributed by atoms with Gasteiger partial charge in [-0.15, -0.1) is 0 Å². The van der Waals surface area contributed by atoms with Gasteiger partial charge < -0.3 is 14.7 Å². The Morgan fingerprint density at radius 2 is 2.16 bits per heavy atom. The number of piperidine rings is 1. The van der Waals surface area contributed by atoms with Crippen LogP contribution in [0, 0.1) is 5.92 Å². The van der Waals surface area contributed by atoms with E-state index in [1.54, 1.807) is 6.92 Å². The Kier molecular flexibility index (Phi) is 6.07. The highest BCUT2D eigenvalue weighted by Crippen LogP contribution is 2.17. The molecular weight excluding hydrogens is 256 g/mol. The first-order chi connectivity index (χ1) is 9.04. The molecule has 0 spiro atoms. The van der Waals surface area contributed by atoms with Gasteiger partial charge in [-0.05, 0) is 19.8 Å². The van der Waals surface area contributed by atoms with E-state index in [1.165, 1.54) is 4.90 Å². The minimum atomic E-state index is -1.18. The van der Waals surface area contributed by atoms with Gasteiger partial charge in [-0.25, -0.2) is 15.1 Å². The summed E-state index contributed by atoms with van der Waals surface area (Å²) in [5, 5.41) is 8.36. The number of carbonyl (C=O) groups is 3. The number of ether oxygens (including phenoxy) is 1. The molecule has 19 heavy (non-hydrogen) atoms. The Hall–Kier alpha value is -1.83. The van der Waals surface area contributed by atoms with Gasteiger partial charge in [0.2, 0.25) is 0 Å². The first kappa shape index (κ1) is 15.2. The number of likely N-dealkylation sites (tertiary alicyclic amines) is 1. The van der Waals surface area contributed by atoms with E-state index in [1.807, 2.05) is 5.48 Å². The van der Waals surface area contributed by atoms with Crippen molar-refractivity contribution < 1.29 is 29.1 Å². The third-order valence-corrected chi connectivity index (χ3v) is 2.68. The molecule has 1 heterocycles. The third-order valence-electron chi connectivity index (χ3n) is 2.68. The molecule has 1 fully saturated rings. The second-order valence-corrected chi connectivity index (χ2v) is 4.13. The summed E-state index contributed by atoms with van der Waals surface area (Å²) in [5.74, 6) is -1.83. The fourth-order valence-corrected chi connectivity index (χ4v) is 1.84. The van der Waals surface area contributed by atoms with Gasteiger partial charge >= 0.3 is 18.0 Å². The molecule has 8 heteroatoms. The highest BCUT2D eigenvalue weighted by atomic mass is 16.7. The molecule has 1 aliphatic heterocycles. The smallest absolute Gasteiger partial charge is 0.341 e. The zero-order chi connectivity index (χ0) is 14.3. The predicted molar refractivity (Wildman–Crippen MR) is 63.0 cm³/mol. The number of carboxylic acid groups (broad SMARTS) is 1. The molecule has 1 atom stereocenters. The monoisotopic (exact) mass is 274 g/mol. The Labute approximate surface area is 110 Å². The molecular formula is C11H18N2O6. The number of aliphatic carboxylic acids is 1. The maximum atomic E-state index is 11.7. The van der Waals surface area contributed by atoms with Crippen LogP contribution >= 0.6 is 0 Å². The first-order valence-corrected chi connectivity index (χ1v) is 6.09. The number of carboxylic acids is 1. The lowest BCUT2D eigenvalue weighted by Crippen LogP contribution is -2.47. The van der Waals surface area contributed by atoms with Crippen LogP contribution in [-0.4, -0.2) is 54.3 Å². The largest absolute Gasteiger partial charge is 0.479 e. The fourth-order valence-electron chi connectivity index (χ4n) is 1.84. The summed E-state index contributed by atoms with van der Waals surface area (Å²) in [6, 6.07) is -0.546. The molecule has 0 aromatic rings. The summed E-state index contributed by atoms with van der Waals surface area (Å²) < 4.78 is 4.92. The molecule has 0 saturated carbocycles. The van der Waals surface area contributed by atoms with E-state index in [0.717, 1.165) is 0 Å². The molecule has 0 bridgehead atoms. The number of hydrogen-bond donors (Lipinski definition) is 2. The number of esters is 1. The topological polar surface area (TPSA) is 105 Å². The van der Waals surface area contributed by atoms with Crippen molar-refractivity contribution in [1.82, 2.24) is 10.4 Å². The van der Waals surface area contributed by atoms with Crippen molar-refractivity contribution in [1.29, 1.82) is 0 Å². The highest BCUT2D eigenvalue weighted by Gasteiger charge is 2.29. The average Bonchev–Trinajstić information content (AvgIpc) is 2.38. The normalized spacial score (nSPS) is 18.8. The van der Waals surface area contributed by atoms with E-state index in [-0.39, 0.29) is 18.4 Å². The molecule has 1 rings (SSSR count). The molecule has 2 N–H and O–H groups in total. The highest BCUT2D eigenvalue weighted by molar-refractivity contribution is 5.77. The van der Waals surface area contributed by atoms with Crippen LogP contribution in [0.3, 0.4) is 0 Å². The summed E-state index contributed by atoms with van der Waals surface area (Å²) in [4.78, 5) is 39.4. The lowest BCUT2D eigenvalue weighted by atomic mass is 9.98. The molecule has 1 unspecified atom stereocenters. The van der Waals surface area contributed by atoms with E-state index >= 15 is 0 Å². The van der Waals surface area contributed by atoms with E-state index in [0.29, 0.717) is 26.0 Å². The Morgan fingerprint density at radius 3 is 2.79 bits per heavy atom. The van der Waals surface area contributed by atoms with Gasteiger partial charge in [-0.1, -0.05) is 0 Å². The van der Waals surface area contributed by atoms with E-state index in [9.17, 15) is 14.4 Å². The number of amides is 2. The number of nitrogens with zero attached hydrogens (tertiary/aromatic N) is 1. The molecule has 0 radical (unpaired) electrons. The number of nitrogens with one attached hydrogen (secondary N) is 1. The fraction of sp³-hybridized carbons (Fsp3) is 0.727. The average molecular weight is 274 g/mol. The van der Waals surface area contributed by atoms with Crippen molar-refractivity contribution in [3.8, 4) is 0 Å². The number of hydrogen-bond acceptors (Lipinski definition) is 5. The van der Waals surface area contributed by atoms with Crippen LogP contribution in [0.1, 0.15) is 19.8 Å². The van der Waals surface area contributed by atoms with E-state index in [4.69, 9.17) is 9.84 Å². The van der Waals surface area contributed by atoms with Crippen molar-refractivity contribution in [3.05, 3.63) is 0 Å². The van der Waals surface area contributed by atoms with Gasteiger partial charge in [-0.3, -0.25) is 9.63 Å². The van der Waals surface area contributed by atoms with Gasteiger partial charge in [0.25, 0.3) is 0 Å². The molecule has 0 aromatic carbocycles. The minimum Gasteiger partial charge on any atom is -0.479 e. The summed E-state index contributed by atoms with van der Waals surface area (Å²) in [7, 11) is 0. The summed E-state index contributed by atoms with van der Waals surface area (Å²) in [6.45, 7) is 2.17. The Bertz CT molecular complexity index is 346. The summed E-state index contributed by atoms with van der Waals surface area (Å²) in [5.41, 5.74) is 2.03. The van der Waals surface area contributed by atoms with Crippen LogP contribution in [-0.2, 0) is 19.2 Å². The second-order valence-electron chi connectivity index (χ2n) is 4.13. The molecule has 1 saturated heterocycles. The Balaban J connectivity index is 2.38. The SMILES string of the molecule is CCOC(=O)C1CCCN(C(=O)NOCC(=O)O)C1. The molecule has 1 aliphatic rings. The lowest BCUT2D eigenvalue weighted by molar-refractivity contribution is -0.149. The van der Waals surface area contributed by atoms with Crippen LogP contribution < -0.4 is 5.48 Å². The predicted octanol–water partition coefficient (Wildman–Crippen LogP) is -0.0127. The van der Waals surface area contributed by atoms with Gasteiger partial charge in [0.05, 0.1) is 12.5 Å². The first-order valence-electron chi connectivity index (χ1n) is 6.09. The molecule has 0 aliphatic carbocycles. The Morgan fingerprint density at radius 1 is 1.42 bits per heavy atom. The molecule has 0 aromatic heterocycles. The van der Waals surface area contributed by atoms with Crippen molar-refractivity contribution in [3.63, 3.8) is 0 Å². The third kappa shape index (κ3) is 5.12. The number of rotatable bonds is 5. The minimum absolute atomic E-state index is 0.251. The molecule has 2 amide bonds. The van der Waals surface area contributed by atoms with E-state index < -0.39 is 18.6 Å². The van der Waals surface area contributed by atoms with Crippen LogP contribution in [0.5, 0.6) is 0 Å². The van der Waals surface area contributed by atoms with Crippen LogP contribution in [0.15, 0.2) is 0 Å². The quantitative estimate of drug-likeness (QED) is 0.539. The maximum Gasteiger partial charge on any atom is 0.341 e. The maximum absolute atomic E-state index is 11.7. The summed E-state index contributed by atoms with van der Waals surface area (Å²) in [6.07, 6.45) is 1.37. The number of carbonyl (C=O) groups excluding carboxylic acids is 2. The van der Waals surface area contributed by atoms with Crippen molar-refractivity contribution >= 4 is 18.0 Å². The van der Waals surface area contributed by atoms with Gasteiger partial charge in [0, 0.05) is 13.1 Å². The van der Waals surface area contributed by atoms with Gasteiger partial charge in [0.15, 0.2) is 6.61 Å². The zero-order valence-corrected chi connectivity index (χ0v) is 10.8. The van der Waals surface area contributed by atoms with E-state index in [2.05, 4.69) is 4.84 Å². The number of urea groups is 1. The molecule has 108 valence electrons. The summed E-state index contributed by atoms with van der Waals surface area (Å²) >= 11 is 0. The lowest BCUT2D eigenvalue weighted by Gasteiger charge is -2.31. The van der Waals surface area contributed by atoms with Gasteiger partial charge in [-0.2, -0.15) is 0 Å². The second kappa shape index (κ2) is 7.57. The van der Waals surface area contributed by atoms with Gasteiger partial charge in [0.1, 0.15) is 0 Å². The van der Waals surface area contributed by atoms with Crippen molar-refractivity contribution in [2.45, 2.75) is 19.8 Å². The molecule has 8 nitrogen and oxygen atoms in total. The van der Waals surface area contributed by atoms with Crippen LogP contribution in [0.2, 0.25) is 0 Å². The number of hydroxylamine groups is 1. The van der Waals surface area contributed by atoms with Crippen molar-refractivity contribution in [2.75, 3.05) is 26.3 Å². The van der Waals surface area contributed by atoms with Crippen molar-refractivity contribution in [2.24, 2.45) is 5.92 Å². The van der Waals surface area contributed by atoms with Crippen LogP contribution in [0.4, 0.5) is 4.79 Å².